The van der Waals surface area contributed by atoms with Gasteiger partial charge in [-0.3, -0.25) is 0 Å². The average Bonchev–Trinajstić information content (AvgIpc) is 3.20. The van der Waals surface area contributed by atoms with Gasteiger partial charge in [-0.1, -0.05) is 49.6 Å². The maximum atomic E-state index is 2.58. The third kappa shape index (κ3) is 3.63. The number of benzene rings is 2. The van der Waals surface area contributed by atoms with Crippen molar-refractivity contribution in [1.29, 1.82) is 0 Å². The standard InChI is InChI=1S/C33H40N/c1-22-8-10-29-28-11-9-26(25-12-16-33(17-13-25)14-6-5-7-15-33)19-27(28)20-30(29)32(22)31-18-23(2)24(3)21-34(31)4/h8-11,18-19,21,25H,5-7,12-17,20H2,1-4H3/q+1. The van der Waals surface area contributed by atoms with Gasteiger partial charge >= 0.3 is 0 Å². The molecular weight excluding hydrogens is 410 g/mol. The van der Waals surface area contributed by atoms with Crippen LogP contribution in [0.5, 0.6) is 0 Å². The zero-order valence-electron chi connectivity index (χ0n) is 21.6. The van der Waals surface area contributed by atoms with Crippen molar-refractivity contribution in [3.63, 3.8) is 0 Å². The van der Waals surface area contributed by atoms with Crippen molar-refractivity contribution >= 4 is 0 Å². The minimum atomic E-state index is 0.704. The third-order valence-electron chi connectivity index (χ3n) is 9.74. The molecule has 2 fully saturated rings. The van der Waals surface area contributed by atoms with E-state index in [4.69, 9.17) is 0 Å². The van der Waals surface area contributed by atoms with E-state index in [1.165, 1.54) is 102 Å². The Morgan fingerprint density at radius 1 is 0.765 bits per heavy atom. The highest BCUT2D eigenvalue weighted by molar-refractivity contribution is 5.85. The van der Waals surface area contributed by atoms with Crippen molar-refractivity contribution in [3.8, 4) is 22.4 Å². The molecule has 3 aliphatic carbocycles. The van der Waals surface area contributed by atoms with Crippen LogP contribution in [0.1, 0.15) is 97.1 Å². The van der Waals surface area contributed by atoms with Gasteiger partial charge in [0.25, 0.3) is 0 Å². The quantitative estimate of drug-likeness (QED) is 0.270. The van der Waals surface area contributed by atoms with E-state index in [9.17, 15) is 0 Å². The molecule has 34 heavy (non-hydrogen) atoms. The average molecular weight is 451 g/mol. The molecule has 6 rings (SSSR count). The Morgan fingerprint density at radius 3 is 2.26 bits per heavy atom. The zero-order chi connectivity index (χ0) is 23.4. The van der Waals surface area contributed by atoms with E-state index in [2.05, 4.69) is 75.0 Å². The maximum absolute atomic E-state index is 2.58. The molecule has 0 unspecified atom stereocenters. The summed E-state index contributed by atoms with van der Waals surface area (Å²) in [6.07, 6.45) is 16.5. The smallest absolute Gasteiger partial charge is 0.201 e. The van der Waals surface area contributed by atoms with E-state index < -0.39 is 0 Å². The van der Waals surface area contributed by atoms with Crippen molar-refractivity contribution in [1.82, 2.24) is 0 Å². The molecule has 176 valence electrons. The fourth-order valence-electron chi connectivity index (χ4n) is 7.52. The van der Waals surface area contributed by atoms with Gasteiger partial charge in [0, 0.05) is 11.6 Å². The summed E-state index contributed by atoms with van der Waals surface area (Å²) in [6.45, 7) is 6.72. The first-order valence-corrected chi connectivity index (χ1v) is 13.7. The highest BCUT2D eigenvalue weighted by Gasteiger charge is 2.37. The Morgan fingerprint density at radius 2 is 1.50 bits per heavy atom. The van der Waals surface area contributed by atoms with Crippen LogP contribution in [0.2, 0.25) is 0 Å². The fraction of sp³-hybridized carbons (Fsp3) is 0.485. The van der Waals surface area contributed by atoms with Crippen molar-refractivity contribution in [2.24, 2.45) is 12.5 Å². The molecule has 1 heteroatoms. The van der Waals surface area contributed by atoms with Crippen LogP contribution < -0.4 is 4.57 Å². The van der Waals surface area contributed by atoms with Gasteiger partial charge in [0.1, 0.15) is 7.05 Å². The predicted molar refractivity (Wildman–Crippen MR) is 142 cm³/mol. The molecule has 1 nitrogen and oxygen atoms in total. The molecule has 0 atom stereocenters. The van der Waals surface area contributed by atoms with Gasteiger partial charge < -0.3 is 0 Å². The Bertz CT molecular complexity index is 1250. The van der Waals surface area contributed by atoms with Crippen LogP contribution in [0.4, 0.5) is 0 Å². The molecule has 0 N–H and O–H groups in total. The number of rotatable bonds is 2. The van der Waals surface area contributed by atoms with Crippen LogP contribution in [0.15, 0.2) is 42.6 Å². The summed E-state index contributed by atoms with van der Waals surface area (Å²) in [5.74, 6) is 0.764. The minimum Gasteiger partial charge on any atom is -0.201 e. The molecule has 2 saturated carbocycles. The highest BCUT2D eigenvalue weighted by Crippen LogP contribution is 2.51. The molecule has 0 aliphatic heterocycles. The number of hydrogen-bond acceptors (Lipinski definition) is 0. The third-order valence-corrected chi connectivity index (χ3v) is 9.74. The number of aromatic nitrogens is 1. The Labute approximate surface area is 206 Å². The first-order valence-electron chi connectivity index (χ1n) is 13.7. The lowest BCUT2D eigenvalue weighted by molar-refractivity contribution is -0.660. The van der Waals surface area contributed by atoms with E-state index in [1.54, 1.807) is 11.1 Å². The van der Waals surface area contributed by atoms with E-state index >= 15 is 0 Å². The molecule has 0 amide bonds. The lowest BCUT2D eigenvalue weighted by atomic mass is 9.62. The second-order valence-corrected chi connectivity index (χ2v) is 11.8. The Kier molecular flexibility index (Phi) is 5.43. The predicted octanol–water partition coefficient (Wildman–Crippen LogP) is 8.28. The topological polar surface area (TPSA) is 3.88 Å². The second-order valence-electron chi connectivity index (χ2n) is 11.8. The normalized spacial score (nSPS) is 19.3. The van der Waals surface area contributed by atoms with Crippen LogP contribution in [0.25, 0.3) is 22.4 Å². The van der Waals surface area contributed by atoms with Gasteiger partial charge in [-0.05, 0) is 116 Å². The van der Waals surface area contributed by atoms with Gasteiger partial charge in [-0.2, -0.15) is 0 Å². The molecule has 1 aromatic heterocycles. The van der Waals surface area contributed by atoms with Crippen molar-refractivity contribution < 1.29 is 4.57 Å². The summed E-state index contributed by atoms with van der Waals surface area (Å²) in [7, 11) is 2.20. The number of aryl methyl sites for hydroxylation is 4. The largest absolute Gasteiger partial charge is 0.213 e. The van der Waals surface area contributed by atoms with E-state index in [1.807, 2.05) is 0 Å². The van der Waals surface area contributed by atoms with Crippen LogP contribution in [0, 0.1) is 26.2 Å². The lowest BCUT2D eigenvalue weighted by Gasteiger charge is -2.43. The summed E-state index contributed by atoms with van der Waals surface area (Å²) in [6, 6.07) is 14.6. The summed E-state index contributed by atoms with van der Waals surface area (Å²) < 4.78 is 2.32. The Balaban J connectivity index is 1.31. The van der Waals surface area contributed by atoms with Crippen LogP contribution >= 0.6 is 0 Å². The van der Waals surface area contributed by atoms with Gasteiger partial charge in [0.2, 0.25) is 5.69 Å². The Hall–Kier alpha value is -2.41. The molecule has 0 bridgehead atoms. The van der Waals surface area contributed by atoms with Crippen LogP contribution in [-0.2, 0) is 13.5 Å². The fourth-order valence-corrected chi connectivity index (χ4v) is 7.52. The number of pyridine rings is 1. The summed E-state index contributed by atoms with van der Waals surface area (Å²) in [4.78, 5) is 0. The summed E-state index contributed by atoms with van der Waals surface area (Å²) in [5.41, 5.74) is 15.2. The summed E-state index contributed by atoms with van der Waals surface area (Å²) >= 11 is 0. The molecule has 0 saturated heterocycles. The molecular formula is C33H40N+. The summed E-state index contributed by atoms with van der Waals surface area (Å²) in [5, 5.41) is 0. The van der Waals surface area contributed by atoms with Crippen molar-refractivity contribution in [2.75, 3.05) is 0 Å². The SMILES string of the molecule is Cc1cc(-c2c(C)ccc3c2Cc2cc(C4CCC5(CCCCC5)CC4)ccc2-3)[n+](C)cc1C. The molecule has 1 heterocycles. The molecule has 3 aliphatic rings. The van der Waals surface area contributed by atoms with E-state index in [0.29, 0.717) is 5.41 Å². The molecule has 2 aromatic carbocycles. The first kappa shape index (κ1) is 22.1. The number of fused-ring (bicyclic) bond motifs is 3. The van der Waals surface area contributed by atoms with Crippen molar-refractivity contribution in [2.45, 2.75) is 90.9 Å². The molecule has 3 aromatic rings. The molecule has 1 spiro atoms. The zero-order valence-corrected chi connectivity index (χ0v) is 21.6. The minimum absolute atomic E-state index is 0.704. The van der Waals surface area contributed by atoms with Gasteiger partial charge in [-0.15, -0.1) is 0 Å². The van der Waals surface area contributed by atoms with Gasteiger partial charge in [-0.25, -0.2) is 4.57 Å². The molecule has 0 radical (unpaired) electrons. The van der Waals surface area contributed by atoms with E-state index in [-0.39, 0.29) is 0 Å². The van der Waals surface area contributed by atoms with Crippen molar-refractivity contribution in [3.05, 3.63) is 76.0 Å². The number of nitrogens with zero attached hydrogens (tertiary/aromatic N) is 1. The van der Waals surface area contributed by atoms with Crippen LogP contribution in [-0.4, -0.2) is 0 Å². The monoisotopic (exact) mass is 450 g/mol. The van der Waals surface area contributed by atoms with E-state index in [0.717, 1.165) is 12.3 Å². The van der Waals surface area contributed by atoms with Crippen LogP contribution in [0.3, 0.4) is 0 Å². The maximum Gasteiger partial charge on any atom is 0.213 e. The first-order chi connectivity index (χ1) is 16.4. The number of hydrogen-bond donors (Lipinski definition) is 0. The highest BCUT2D eigenvalue weighted by atomic mass is 14.9. The van der Waals surface area contributed by atoms with Gasteiger partial charge in [0.15, 0.2) is 6.20 Å². The van der Waals surface area contributed by atoms with Gasteiger partial charge in [0.05, 0.1) is 5.56 Å². The lowest BCUT2D eigenvalue weighted by Crippen LogP contribution is -2.32. The second kappa shape index (κ2) is 8.36.